The van der Waals surface area contributed by atoms with Crippen molar-refractivity contribution in [1.82, 2.24) is 0 Å². The van der Waals surface area contributed by atoms with Gasteiger partial charge in [-0.3, -0.25) is 9.59 Å². The maximum absolute atomic E-state index is 13.4. The summed E-state index contributed by atoms with van der Waals surface area (Å²) >= 11 is 0. The monoisotopic (exact) mass is 596 g/mol. The molecule has 0 saturated heterocycles. The van der Waals surface area contributed by atoms with Gasteiger partial charge in [-0.1, -0.05) is 63.3 Å². The third kappa shape index (κ3) is 19.1. The second-order valence-corrected chi connectivity index (χ2v) is 14.1. The Labute approximate surface area is 255 Å². The van der Waals surface area contributed by atoms with Gasteiger partial charge in [0.25, 0.3) is 0 Å². The number of aliphatic hydroxyl groups excluding tert-OH is 1. The molecule has 0 radical (unpaired) electrons. The quantitative estimate of drug-likeness (QED) is 0.0741. The number of hydrogen-bond donors (Lipinski definition) is 2. The van der Waals surface area contributed by atoms with E-state index in [-0.39, 0.29) is 6.42 Å². The van der Waals surface area contributed by atoms with Crippen LogP contribution in [0.3, 0.4) is 0 Å². The highest BCUT2D eigenvalue weighted by Crippen LogP contribution is 2.33. The van der Waals surface area contributed by atoms with Gasteiger partial charge in [0.05, 0.1) is 18.4 Å². The zero-order valence-corrected chi connectivity index (χ0v) is 28.1. The maximum Gasteiger partial charge on any atom is 0.340 e. The number of allylic oxidation sites excluding steroid dienone is 3. The molecular formula is C34H60O8. The lowest BCUT2D eigenvalue weighted by molar-refractivity contribution is -0.200. The van der Waals surface area contributed by atoms with Crippen LogP contribution in [-0.4, -0.2) is 56.6 Å². The first-order chi connectivity index (χ1) is 19.2. The summed E-state index contributed by atoms with van der Waals surface area (Å²) in [5.74, 6) is -4.58. The lowest BCUT2D eigenvalue weighted by atomic mass is 9.80. The van der Waals surface area contributed by atoms with Gasteiger partial charge in [-0.15, -0.1) is 0 Å². The molecule has 0 aromatic carbocycles. The minimum absolute atomic E-state index is 0.363. The fourth-order valence-electron chi connectivity index (χ4n) is 4.20. The van der Waals surface area contributed by atoms with Crippen molar-refractivity contribution in [1.29, 1.82) is 0 Å². The Balaban J connectivity index is 5.67. The van der Waals surface area contributed by atoms with E-state index in [1.54, 1.807) is 68.4 Å². The molecular weight excluding hydrogens is 536 g/mol. The minimum Gasteiger partial charge on any atom is -0.460 e. The maximum atomic E-state index is 13.4. The molecule has 0 aromatic heterocycles. The van der Waals surface area contributed by atoms with E-state index in [0.29, 0.717) is 6.42 Å². The Bertz CT molecular complexity index is 869. The first-order valence-corrected chi connectivity index (χ1v) is 15.6. The van der Waals surface area contributed by atoms with Crippen molar-refractivity contribution in [3.8, 4) is 0 Å². The average molecular weight is 597 g/mol. The molecule has 2 N–H and O–H groups in total. The number of carbonyl (C=O) groups is 3. The topological polar surface area (TPSA) is 119 Å². The number of ether oxygens (including phenoxy) is 3. The highest BCUT2D eigenvalue weighted by Gasteiger charge is 2.54. The summed E-state index contributed by atoms with van der Waals surface area (Å²) in [5.41, 5.74) is -5.48. The predicted molar refractivity (Wildman–Crippen MR) is 167 cm³/mol. The largest absolute Gasteiger partial charge is 0.460 e. The van der Waals surface area contributed by atoms with Crippen molar-refractivity contribution < 1.29 is 38.8 Å². The average Bonchev–Trinajstić information content (AvgIpc) is 2.79. The number of carbonyl (C=O) groups excluding carboxylic acids is 3. The Morgan fingerprint density at radius 3 is 1.74 bits per heavy atom. The van der Waals surface area contributed by atoms with Crippen molar-refractivity contribution >= 4 is 17.9 Å². The van der Waals surface area contributed by atoms with E-state index < -0.39 is 58.8 Å². The molecule has 244 valence electrons. The van der Waals surface area contributed by atoms with E-state index in [1.165, 1.54) is 44.6 Å². The second-order valence-electron chi connectivity index (χ2n) is 14.1. The van der Waals surface area contributed by atoms with Gasteiger partial charge in [0.1, 0.15) is 16.8 Å². The summed E-state index contributed by atoms with van der Waals surface area (Å²) in [5, 5.41) is 22.6. The fraction of sp³-hybridized carbons (Fsp3) is 0.794. The van der Waals surface area contributed by atoms with Gasteiger partial charge in [-0.2, -0.15) is 0 Å². The van der Waals surface area contributed by atoms with E-state index in [9.17, 15) is 24.6 Å². The van der Waals surface area contributed by atoms with Crippen molar-refractivity contribution in [3.63, 3.8) is 0 Å². The first kappa shape index (κ1) is 39.8. The van der Waals surface area contributed by atoms with E-state index in [0.717, 1.165) is 12.8 Å². The van der Waals surface area contributed by atoms with Gasteiger partial charge in [0, 0.05) is 0 Å². The summed E-state index contributed by atoms with van der Waals surface area (Å²) in [6.45, 7) is 17.0. The smallest absolute Gasteiger partial charge is 0.340 e. The Kier molecular flexibility index (Phi) is 17.5. The fourth-order valence-corrected chi connectivity index (χ4v) is 4.20. The summed E-state index contributed by atoms with van der Waals surface area (Å²) in [7, 11) is 0. The Morgan fingerprint density at radius 1 is 0.690 bits per heavy atom. The van der Waals surface area contributed by atoms with Gasteiger partial charge >= 0.3 is 17.9 Å². The minimum atomic E-state index is -2.63. The van der Waals surface area contributed by atoms with Crippen molar-refractivity contribution in [3.05, 3.63) is 24.3 Å². The molecule has 42 heavy (non-hydrogen) atoms. The summed E-state index contributed by atoms with van der Waals surface area (Å²) in [6.07, 6.45) is 15.3. The molecule has 0 aliphatic rings. The van der Waals surface area contributed by atoms with Crippen molar-refractivity contribution in [2.24, 2.45) is 5.92 Å². The molecule has 0 saturated carbocycles. The van der Waals surface area contributed by atoms with Gasteiger partial charge < -0.3 is 24.4 Å². The zero-order chi connectivity index (χ0) is 32.6. The Hall–Kier alpha value is -2.19. The predicted octanol–water partition coefficient (Wildman–Crippen LogP) is 7.14. The van der Waals surface area contributed by atoms with Crippen LogP contribution >= 0.6 is 0 Å². The van der Waals surface area contributed by atoms with E-state index in [4.69, 9.17) is 14.2 Å². The van der Waals surface area contributed by atoms with Crippen molar-refractivity contribution in [2.75, 3.05) is 0 Å². The van der Waals surface area contributed by atoms with Gasteiger partial charge in [-0.05, 0) is 94.4 Å². The van der Waals surface area contributed by atoms with Crippen molar-refractivity contribution in [2.45, 2.75) is 168 Å². The molecule has 0 heterocycles. The molecule has 8 heteroatoms. The van der Waals surface area contributed by atoms with Crippen LogP contribution < -0.4 is 0 Å². The number of unbranched alkanes of at least 4 members (excludes halogenated alkanes) is 7. The SMILES string of the molecule is CCCCCCCC/C=C\CC/C=C/[C@H](O)C[C@@H](C(=O)OC(C)(C)C)[C@](O)(CC(=O)OC(C)(C)C)C(=O)OC(C)(C)C. The van der Waals surface area contributed by atoms with Gasteiger partial charge in [-0.25, -0.2) is 4.79 Å². The van der Waals surface area contributed by atoms with Crippen LogP contribution in [0.2, 0.25) is 0 Å². The van der Waals surface area contributed by atoms with E-state index in [1.807, 2.05) is 0 Å². The molecule has 0 bridgehead atoms. The Morgan fingerprint density at radius 2 is 1.19 bits per heavy atom. The van der Waals surface area contributed by atoms with Crippen LogP contribution in [0.4, 0.5) is 0 Å². The standard InChI is InChI=1S/C34H60O8/c1-11-12-13-14-15-16-17-18-19-20-21-22-23-26(35)24-27(29(37)41-32(5,6)7)34(39,30(38)42-33(8,9)10)25-28(36)40-31(2,3)4/h18-19,22-23,26-27,35,39H,11-17,20-21,24-25H2,1-10H3/b19-18-,23-22+/t26-,27-,34+/m0/s1. The summed E-state index contributed by atoms with van der Waals surface area (Å²) < 4.78 is 16.3. The number of esters is 3. The number of hydrogen-bond acceptors (Lipinski definition) is 8. The van der Waals surface area contributed by atoms with Crippen LogP contribution in [0, 0.1) is 5.92 Å². The highest BCUT2D eigenvalue weighted by molar-refractivity contribution is 5.92. The summed E-state index contributed by atoms with van der Waals surface area (Å²) in [4.78, 5) is 39.5. The van der Waals surface area contributed by atoms with Crippen LogP contribution in [0.25, 0.3) is 0 Å². The third-order valence-electron chi connectivity index (χ3n) is 6.08. The molecule has 0 rings (SSSR count). The number of aliphatic hydroxyl groups is 2. The molecule has 0 spiro atoms. The van der Waals surface area contributed by atoms with Crippen LogP contribution in [0.15, 0.2) is 24.3 Å². The lowest BCUT2D eigenvalue weighted by Gasteiger charge is -2.36. The van der Waals surface area contributed by atoms with E-state index in [2.05, 4.69) is 19.1 Å². The van der Waals surface area contributed by atoms with Crippen LogP contribution in [0.5, 0.6) is 0 Å². The van der Waals surface area contributed by atoms with Crippen LogP contribution in [-0.2, 0) is 28.6 Å². The third-order valence-corrected chi connectivity index (χ3v) is 6.08. The van der Waals surface area contributed by atoms with Crippen LogP contribution in [0.1, 0.15) is 140 Å². The summed E-state index contributed by atoms with van der Waals surface area (Å²) in [6, 6.07) is 0. The number of rotatable bonds is 18. The molecule has 0 aliphatic carbocycles. The molecule has 0 aliphatic heterocycles. The normalized spacial score (nSPS) is 15.8. The van der Waals surface area contributed by atoms with Gasteiger partial charge in [0.2, 0.25) is 0 Å². The molecule has 0 amide bonds. The molecule has 0 unspecified atom stereocenters. The molecule has 0 fully saturated rings. The lowest BCUT2D eigenvalue weighted by Crippen LogP contribution is -2.55. The first-order valence-electron chi connectivity index (χ1n) is 15.6. The van der Waals surface area contributed by atoms with E-state index >= 15 is 0 Å². The molecule has 8 nitrogen and oxygen atoms in total. The second kappa shape index (κ2) is 18.5. The van der Waals surface area contributed by atoms with Gasteiger partial charge in [0.15, 0.2) is 5.60 Å². The zero-order valence-electron chi connectivity index (χ0n) is 28.1. The molecule has 3 atom stereocenters. The molecule has 0 aromatic rings. The highest BCUT2D eigenvalue weighted by atomic mass is 16.6.